The van der Waals surface area contributed by atoms with E-state index in [0.29, 0.717) is 24.4 Å². The molecule has 0 bridgehead atoms. The lowest BCUT2D eigenvalue weighted by Crippen LogP contribution is -2.19. The zero-order valence-corrected chi connectivity index (χ0v) is 14.6. The molecule has 0 spiro atoms. The van der Waals surface area contributed by atoms with Crippen LogP contribution in [0.5, 0.6) is 5.75 Å². The van der Waals surface area contributed by atoms with Crippen LogP contribution in [0.25, 0.3) is 16.5 Å². The molecule has 2 aromatic carbocycles. The van der Waals surface area contributed by atoms with Gasteiger partial charge in [0, 0.05) is 29.0 Å². The molecule has 0 aliphatic heterocycles. The first-order valence-corrected chi connectivity index (χ1v) is 8.85. The van der Waals surface area contributed by atoms with Crippen molar-refractivity contribution in [3.63, 3.8) is 0 Å². The van der Waals surface area contributed by atoms with E-state index in [2.05, 4.69) is 0 Å². The van der Waals surface area contributed by atoms with Gasteiger partial charge in [0.25, 0.3) is 0 Å². The van der Waals surface area contributed by atoms with Crippen LogP contribution in [0.2, 0.25) is 0 Å². The van der Waals surface area contributed by atoms with Crippen LogP contribution in [-0.4, -0.2) is 12.4 Å². The molecule has 1 heterocycles. The standard InChI is InChI=1S/C23H18O4/c24-22-12-10-17-9-11-19(15-21(17)27-22)26-14-13-18-7-4-8-20(23(18)25)16-5-2-1-3-6-16/h1-12,15,18H,13-14H2. The van der Waals surface area contributed by atoms with Crippen LogP contribution in [0.15, 0.2) is 88.1 Å². The molecule has 134 valence electrons. The van der Waals surface area contributed by atoms with Crippen LogP contribution in [-0.2, 0) is 4.79 Å². The van der Waals surface area contributed by atoms with E-state index < -0.39 is 5.63 Å². The van der Waals surface area contributed by atoms with Crippen molar-refractivity contribution in [3.05, 3.63) is 94.9 Å². The van der Waals surface area contributed by atoms with Crippen LogP contribution in [0.3, 0.4) is 0 Å². The minimum atomic E-state index is -0.391. The fourth-order valence-corrected chi connectivity index (χ4v) is 3.17. The molecule has 1 atom stereocenters. The van der Waals surface area contributed by atoms with Crippen LogP contribution < -0.4 is 10.4 Å². The number of allylic oxidation sites excluding steroid dienone is 4. The first-order chi connectivity index (χ1) is 13.2. The van der Waals surface area contributed by atoms with E-state index in [0.717, 1.165) is 16.5 Å². The Balaban J connectivity index is 1.41. The molecule has 4 heteroatoms. The zero-order chi connectivity index (χ0) is 18.6. The van der Waals surface area contributed by atoms with Gasteiger partial charge in [0.2, 0.25) is 0 Å². The second-order valence-electron chi connectivity index (χ2n) is 6.39. The highest BCUT2D eigenvalue weighted by molar-refractivity contribution is 6.23. The van der Waals surface area contributed by atoms with Gasteiger partial charge in [-0.15, -0.1) is 0 Å². The molecule has 1 unspecified atom stereocenters. The Morgan fingerprint density at radius 3 is 2.63 bits per heavy atom. The predicted molar refractivity (Wildman–Crippen MR) is 105 cm³/mol. The third kappa shape index (κ3) is 3.75. The highest BCUT2D eigenvalue weighted by atomic mass is 16.5. The molecule has 4 nitrogen and oxygen atoms in total. The highest BCUT2D eigenvalue weighted by Crippen LogP contribution is 2.26. The van der Waals surface area contributed by atoms with Gasteiger partial charge in [-0.3, -0.25) is 4.79 Å². The summed E-state index contributed by atoms with van der Waals surface area (Å²) in [7, 11) is 0. The van der Waals surface area contributed by atoms with Crippen molar-refractivity contribution in [1.29, 1.82) is 0 Å². The first kappa shape index (κ1) is 17.0. The van der Waals surface area contributed by atoms with E-state index in [1.807, 2.05) is 60.7 Å². The van der Waals surface area contributed by atoms with E-state index in [4.69, 9.17) is 9.15 Å². The molecule has 4 rings (SSSR count). The van der Waals surface area contributed by atoms with Crippen molar-refractivity contribution in [2.75, 3.05) is 6.61 Å². The Bertz CT molecular complexity index is 1090. The number of ether oxygens (including phenoxy) is 1. The lowest BCUT2D eigenvalue weighted by Gasteiger charge is -2.18. The van der Waals surface area contributed by atoms with Crippen molar-refractivity contribution in [2.45, 2.75) is 6.42 Å². The van der Waals surface area contributed by atoms with E-state index in [1.165, 1.54) is 6.07 Å². The van der Waals surface area contributed by atoms with Crippen molar-refractivity contribution < 1.29 is 13.9 Å². The summed E-state index contributed by atoms with van der Waals surface area (Å²) in [4.78, 5) is 24.1. The summed E-state index contributed by atoms with van der Waals surface area (Å²) in [5, 5.41) is 0.838. The number of fused-ring (bicyclic) bond motifs is 1. The lowest BCUT2D eigenvalue weighted by molar-refractivity contribution is -0.116. The molecule has 0 saturated carbocycles. The number of rotatable bonds is 5. The molecule has 0 saturated heterocycles. The van der Waals surface area contributed by atoms with Crippen LogP contribution in [0.4, 0.5) is 0 Å². The van der Waals surface area contributed by atoms with Gasteiger partial charge in [-0.25, -0.2) is 4.79 Å². The number of carbonyl (C=O) groups excluding carboxylic acids is 1. The molecular formula is C23H18O4. The van der Waals surface area contributed by atoms with Gasteiger partial charge in [0.1, 0.15) is 11.3 Å². The summed E-state index contributed by atoms with van der Waals surface area (Å²) in [6.45, 7) is 0.394. The minimum absolute atomic E-state index is 0.108. The molecule has 1 aliphatic carbocycles. The van der Waals surface area contributed by atoms with Gasteiger partial charge >= 0.3 is 5.63 Å². The van der Waals surface area contributed by atoms with Crippen molar-refractivity contribution in [1.82, 2.24) is 0 Å². The Morgan fingerprint density at radius 2 is 1.78 bits per heavy atom. The van der Waals surface area contributed by atoms with Gasteiger partial charge < -0.3 is 9.15 Å². The number of ketones is 1. The summed E-state index contributed by atoms with van der Waals surface area (Å²) in [5.41, 5.74) is 1.76. The van der Waals surface area contributed by atoms with Gasteiger partial charge in [-0.1, -0.05) is 48.6 Å². The largest absolute Gasteiger partial charge is 0.493 e. The Labute approximate surface area is 156 Å². The van der Waals surface area contributed by atoms with Crippen LogP contribution >= 0.6 is 0 Å². The van der Waals surface area contributed by atoms with Gasteiger partial charge in [0.05, 0.1) is 6.61 Å². The fraction of sp³-hybridized carbons (Fsp3) is 0.130. The van der Waals surface area contributed by atoms with Crippen LogP contribution in [0, 0.1) is 5.92 Å². The lowest BCUT2D eigenvalue weighted by atomic mass is 9.87. The average molecular weight is 358 g/mol. The molecular weight excluding hydrogens is 340 g/mol. The van der Waals surface area contributed by atoms with E-state index in [1.54, 1.807) is 12.1 Å². The molecule has 1 aliphatic rings. The van der Waals surface area contributed by atoms with Crippen molar-refractivity contribution in [3.8, 4) is 5.75 Å². The Morgan fingerprint density at radius 1 is 0.963 bits per heavy atom. The van der Waals surface area contributed by atoms with E-state index >= 15 is 0 Å². The van der Waals surface area contributed by atoms with Gasteiger partial charge in [-0.05, 0) is 30.2 Å². The first-order valence-electron chi connectivity index (χ1n) is 8.85. The maximum Gasteiger partial charge on any atom is 0.336 e. The zero-order valence-electron chi connectivity index (χ0n) is 14.6. The van der Waals surface area contributed by atoms with Crippen molar-refractivity contribution >= 4 is 22.3 Å². The molecule has 3 aromatic rings. The highest BCUT2D eigenvalue weighted by Gasteiger charge is 2.23. The second-order valence-corrected chi connectivity index (χ2v) is 6.39. The summed E-state index contributed by atoms with van der Waals surface area (Å²) in [5.74, 6) is 0.517. The SMILES string of the molecule is O=C1C(c2ccccc2)=CC=CC1CCOc1ccc2ccc(=O)oc2c1. The Kier molecular flexibility index (Phi) is 4.71. The number of hydrogen-bond donors (Lipinski definition) is 0. The molecule has 0 radical (unpaired) electrons. The Hall–Kier alpha value is -3.40. The summed E-state index contributed by atoms with van der Waals surface area (Å²) < 4.78 is 10.9. The maximum atomic E-state index is 12.8. The number of Topliss-reactive ketones (excluding diaryl/α,β-unsaturated/α-hetero) is 1. The molecule has 1 aromatic heterocycles. The average Bonchev–Trinajstić information content (AvgIpc) is 2.69. The number of hydrogen-bond acceptors (Lipinski definition) is 4. The maximum absolute atomic E-state index is 12.8. The topological polar surface area (TPSA) is 56.5 Å². The summed E-state index contributed by atoms with van der Waals surface area (Å²) in [6, 6.07) is 18.2. The summed E-state index contributed by atoms with van der Waals surface area (Å²) in [6.07, 6.45) is 6.29. The quantitative estimate of drug-likeness (QED) is 0.634. The van der Waals surface area contributed by atoms with E-state index in [-0.39, 0.29) is 11.7 Å². The fourth-order valence-electron chi connectivity index (χ4n) is 3.17. The molecule has 0 amide bonds. The number of benzene rings is 2. The predicted octanol–water partition coefficient (Wildman–Crippen LogP) is 4.40. The van der Waals surface area contributed by atoms with Crippen molar-refractivity contribution in [2.24, 2.45) is 5.92 Å². The summed E-state index contributed by atoms with van der Waals surface area (Å²) >= 11 is 0. The molecule has 0 fully saturated rings. The van der Waals surface area contributed by atoms with Crippen LogP contribution in [0.1, 0.15) is 12.0 Å². The van der Waals surface area contributed by atoms with E-state index in [9.17, 15) is 9.59 Å². The third-order valence-electron chi connectivity index (χ3n) is 4.59. The normalized spacial score (nSPS) is 16.4. The number of carbonyl (C=O) groups is 1. The van der Waals surface area contributed by atoms with Gasteiger partial charge in [-0.2, -0.15) is 0 Å². The molecule has 27 heavy (non-hydrogen) atoms. The van der Waals surface area contributed by atoms with Gasteiger partial charge in [0.15, 0.2) is 5.78 Å². The third-order valence-corrected chi connectivity index (χ3v) is 4.59. The smallest absolute Gasteiger partial charge is 0.336 e. The molecule has 0 N–H and O–H groups in total. The minimum Gasteiger partial charge on any atom is -0.493 e. The second kappa shape index (κ2) is 7.46. The monoisotopic (exact) mass is 358 g/mol.